The Balaban J connectivity index is 2.44. The van der Waals surface area contributed by atoms with Crippen LogP contribution in [0.3, 0.4) is 0 Å². The van der Waals surface area contributed by atoms with E-state index in [4.69, 9.17) is 16.9 Å². The van der Waals surface area contributed by atoms with Crippen molar-refractivity contribution < 1.29 is 4.39 Å². The summed E-state index contributed by atoms with van der Waals surface area (Å²) in [6.45, 7) is 0. The van der Waals surface area contributed by atoms with Gasteiger partial charge < -0.3 is 5.32 Å². The Hall–Kier alpha value is -1.64. The molecule has 0 aliphatic heterocycles. The maximum absolute atomic E-state index is 13.1. The van der Waals surface area contributed by atoms with E-state index in [1.54, 1.807) is 12.1 Å². The molecule has 0 bridgehead atoms. The molecular formula is C12H6BrClFN3. The van der Waals surface area contributed by atoms with E-state index in [1.165, 1.54) is 18.3 Å². The summed E-state index contributed by atoms with van der Waals surface area (Å²) < 4.78 is 13.6. The molecule has 0 atom stereocenters. The predicted molar refractivity (Wildman–Crippen MR) is 71.3 cm³/mol. The maximum atomic E-state index is 13.1. The molecule has 0 saturated heterocycles. The summed E-state index contributed by atoms with van der Waals surface area (Å²) in [6.07, 6.45) is 1.52. The molecule has 0 radical (unpaired) electrons. The van der Waals surface area contributed by atoms with Gasteiger partial charge in [0.15, 0.2) is 5.69 Å². The van der Waals surface area contributed by atoms with Gasteiger partial charge >= 0.3 is 0 Å². The minimum atomic E-state index is -0.441. The number of halogens is 3. The molecule has 0 unspecified atom stereocenters. The molecule has 6 heteroatoms. The Morgan fingerprint density at radius 1 is 1.44 bits per heavy atom. The number of hydrogen-bond acceptors (Lipinski definition) is 3. The second kappa shape index (κ2) is 5.34. The van der Waals surface area contributed by atoms with Crippen LogP contribution in [0.5, 0.6) is 0 Å². The highest BCUT2D eigenvalue weighted by molar-refractivity contribution is 9.10. The fourth-order valence-corrected chi connectivity index (χ4v) is 2.29. The molecule has 1 aromatic carbocycles. The summed E-state index contributed by atoms with van der Waals surface area (Å²) in [6, 6.07) is 7.82. The molecule has 1 N–H and O–H groups in total. The monoisotopic (exact) mass is 325 g/mol. The number of hydrogen-bond donors (Lipinski definition) is 1. The summed E-state index contributed by atoms with van der Waals surface area (Å²) in [5, 5.41) is 12.1. The number of rotatable bonds is 2. The van der Waals surface area contributed by atoms with Gasteiger partial charge in [0.25, 0.3) is 0 Å². The third kappa shape index (κ3) is 2.61. The Morgan fingerprint density at radius 3 is 2.89 bits per heavy atom. The van der Waals surface area contributed by atoms with E-state index in [0.717, 1.165) is 0 Å². The van der Waals surface area contributed by atoms with Gasteiger partial charge in [0.05, 0.1) is 16.4 Å². The van der Waals surface area contributed by atoms with E-state index in [9.17, 15) is 4.39 Å². The van der Waals surface area contributed by atoms with Crippen LogP contribution in [0, 0.1) is 17.1 Å². The molecule has 1 heterocycles. The van der Waals surface area contributed by atoms with E-state index in [0.29, 0.717) is 15.8 Å². The zero-order chi connectivity index (χ0) is 13.1. The molecule has 3 nitrogen and oxygen atoms in total. The molecule has 2 aromatic rings. The number of nitrogens with one attached hydrogen (secondary N) is 1. The van der Waals surface area contributed by atoms with Crippen molar-refractivity contribution in [1.29, 1.82) is 5.26 Å². The van der Waals surface area contributed by atoms with Crippen LogP contribution in [0.4, 0.5) is 15.8 Å². The van der Waals surface area contributed by atoms with Crippen molar-refractivity contribution in [2.75, 3.05) is 5.32 Å². The second-order valence-electron chi connectivity index (χ2n) is 3.38. The predicted octanol–water partition coefficient (Wildman–Crippen LogP) is 4.25. The highest BCUT2D eigenvalue weighted by atomic mass is 79.9. The van der Waals surface area contributed by atoms with Gasteiger partial charge in [0.1, 0.15) is 11.9 Å². The van der Waals surface area contributed by atoms with Crippen molar-refractivity contribution in [2.45, 2.75) is 0 Å². The lowest BCUT2D eigenvalue weighted by atomic mass is 10.2. The summed E-state index contributed by atoms with van der Waals surface area (Å²) >= 11 is 9.16. The minimum Gasteiger partial charge on any atom is -0.351 e. The van der Waals surface area contributed by atoms with Gasteiger partial charge in [-0.25, -0.2) is 9.37 Å². The maximum Gasteiger partial charge on any atom is 0.163 e. The van der Waals surface area contributed by atoms with Gasteiger partial charge in [0.2, 0.25) is 0 Å². The van der Waals surface area contributed by atoms with Crippen molar-refractivity contribution in [3.8, 4) is 6.07 Å². The summed E-state index contributed by atoms with van der Waals surface area (Å²) in [5.74, 6) is -0.441. The summed E-state index contributed by atoms with van der Waals surface area (Å²) in [7, 11) is 0. The van der Waals surface area contributed by atoms with Gasteiger partial charge in [0, 0.05) is 10.7 Å². The van der Waals surface area contributed by atoms with Crippen molar-refractivity contribution in [2.24, 2.45) is 0 Å². The van der Waals surface area contributed by atoms with Crippen molar-refractivity contribution in [1.82, 2.24) is 4.98 Å². The van der Waals surface area contributed by atoms with Crippen LogP contribution in [0.15, 0.2) is 34.9 Å². The summed E-state index contributed by atoms with van der Waals surface area (Å²) in [4.78, 5) is 3.91. The molecule has 0 fully saturated rings. The van der Waals surface area contributed by atoms with E-state index in [-0.39, 0.29) is 10.7 Å². The lowest BCUT2D eigenvalue weighted by molar-refractivity contribution is 0.627. The average Bonchev–Trinajstić information content (AvgIpc) is 2.34. The normalized spacial score (nSPS) is 9.89. The molecule has 0 spiro atoms. The molecule has 18 heavy (non-hydrogen) atoms. The Morgan fingerprint density at radius 2 is 2.22 bits per heavy atom. The van der Waals surface area contributed by atoms with E-state index in [2.05, 4.69) is 26.2 Å². The van der Waals surface area contributed by atoms with E-state index < -0.39 is 5.82 Å². The van der Waals surface area contributed by atoms with Crippen molar-refractivity contribution >= 4 is 38.9 Å². The fraction of sp³-hybridized carbons (Fsp3) is 0. The van der Waals surface area contributed by atoms with Gasteiger partial charge in [-0.1, -0.05) is 11.6 Å². The average molecular weight is 327 g/mol. The molecule has 90 valence electrons. The Kier molecular flexibility index (Phi) is 3.80. The number of anilines is 2. The molecule has 2 rings (SSSR count). The standard InChI is InChI=1S/C12H6BrClFN3/c13-8-4-7(15)5-9(14)12(8)18-10-2-1-3-17-11(10)6-16/h1-5,18H. The summed E-state index contributed by atoms with van der Waals surface area (Å²) in [5.41, 5.74) is 1.24. The number of nitrogens with zero attached hydrogens (tertiary/aromatic N) is 2. The zero-order valence-corrected chi connectivity index (χ0v) is 11.3. The number of pyridine rings is 1. The molecule has 1 aromatic heterocycles. The van der Waals surface area contributed by atoms with Crippen molar-refractivity contribution in [3.05, 3.63) is 51.5 Å². The van der Waals surface area contributed by atoms with Crippen LogP contribution < -0.4 is 5.32 Å². The lowest BCUT2D eigenvalue weighted by Crippen LogP contribution is -1.97. The van der Waals surface area contributed by atoms with Crippen molar-refractivity contribution in [3.63, 3.8) is 0 Å². The fourth-order valence-electron chi connectivity index (χ4n) is 1.39. The molecule has 0 saturated carbocycles. The molecule has 0 amide bonds. The Bertz CT molecular complexity index is 616. The SMILES string of the molecule is N#Cc1ncccc1Nc1c(Cl)cc(F)cc1Br. The third-order valence-electron chi connectivity index (χ3n) is 2.18. The van der Waals surface area contributed by atoms with Gasteiger partial charge in [-0.05, 0) is 40.2 Å². The quantitative estimate of drug-likeness (QED) is 0.897. The zero-order valence-electron chi connectivity index (χ0n) is 8.92. The highest BCUT2D eigenvalue weighted by Gasteiger charge is 2.10. The number of benzene rings is 1. The second-order valence-corrected chi connectivity index (χ2v) is 4.64. The third-order valence-corrected chi connectivity index (χ3v) is 3.10. The van der Waals surface area contributed by atoms with Crippen LogP contribution in [0.25, 0.3) is 0 Å². The van der Waals surface area contributed by atoms with Gasteiger partial charge in [-0.15, -0.1) is 0 Å². The molecular weight excluding hydrogens is 321 g/mol. The smallest absolute Gasteiger partial charge is 0.163 e. The Labute approximate surface area is 116 Å². The first-order chi connectivity index (χ1) is 8.61. The molecule has 0 aliphatic carbocycles. The number of nitriles is 1. The largest absolute Gasteiger partial charge is 0.351 e. The minimum absolute atomic E-state index is 0.217. The highest BCUT2D eigenvalue weighted by Crippen LogP contribution is 2.34. The van der Waals surface area contributed by atoms with E-state index >= 15 is 0 Å². The first-order valence-corrected chi connectivity index (χ1v) is 6.05. The lowest BCUT2D eigenvalue weighted by Gasteiger charge is -2.11. The first-order valence-electron chi connectivity index (χ1n) is 4.88. The van der Waals surface area contributed by atoms with Crippen LogP contribution in [-0.4, -0.2) is 4.98 Å². The number of aromatic nitrogens is 1. The first kappa shape index (κ1) is 12.8. The van der Waals surface area contributed by atoms with Crippen LogP contribution in [0.1, 0.15) is 5.69 Å². The molecule has 0 aliphatic rings. The van der Waals surface area contributed by atoms with E-state index in [1.807, 2.05) is 6.07 Å². The van der Waals surface area contributed by atoms with Gasteiger partial charge in [-0.3, -0.25) is 0 Å². The van der Waals surface area contributed by atoms with Crippen LogP contribution in [0.2, 0.25) is 5.02 Å². The van der Waals surface area contributed by atoms with Crippen LogP contribution >= 0.6 is 27.5 Å². The topological polar surface area (TPSA) is 48.7 Å². The van der Waals surface area contributed by atoms with Crippen LogP contribution in [-0.2, 0) is 0 Å². The van der Waals surface area contributed by atoms with Gasteiger partial charge in [-0.2, -0.15) is 5.26 Å².